The van der Waals surface area contributed by atoms with E-state index in [9.17, 15) is 4.79 Å². The highest BCUT2D eigenvalue weighted by molar-refractivity contribution is 5.73. The number of carboxylic acids is 1. The Morgan fingerprint density at radius 3 is 2.26 bits per heavy atom. The van der Waals surface area contributed by atoms with Gasteiger partial charge in [-0.15, -0.1) is 0 Å². The van der Waals surface area contributed by atoms with Crippen LogP contribution >= 0.6 is 0 Å². The molecule has 0 saturated heterocycles. The largest absolute Gasteiger partial charge is 0.493 e. The second-order valence-electron chi connectivity index (χ2n) is 4.35. The lowest BCUT2D eigenvalue weighted by molar-refractivity contribution is -0.138. The van der Waals surface area contributed by atoms with Crippen molar-refractivity contribution in [3.8, 4) is 11.5 Å². The lowest BCUT2D eigenvalue weighted by atomic mass is 9.96. The molecule has 0 aliphatic heterocycles. The summed E-state index contributed by atoms with van der Waals surface area (Å²) < 4.78 is 10.4. The molecular formula is C13H20N2O4. The first-order valence-corrected chi connectivity index (χ1v) is 5.87. The molecule has 0 aromatic heterocycles. The summed E-state index contributed by atoms with van der Waals surface area (Å²) in [7, 11) is 3.09. The maximum atomic E-state index is 10.7. The molecule has 106 valence electrons. The number of hydrogen-bond donors (Lipinski definition) is 3. The smallest absolute Gasteiger partial charge is 0.320 e. The maximum Gasteiger partial charge on any atom is 0.320 e. The Morgan fingerprint density at radius 2 is 1.79 bits per heavy atom. The van der Waals surface area contributed by atoms with Crippen LogP contribution in [0.1, 0.15) is 23.6 Å². The van der Waals surface area contributed by atoms with Crippen LogP contribution in [0.5, 0.6) is 11.5 Å². The van der Waals surface area contributed by atoms with E-state index in [1.54, 1.807) is 19.2 Å². The van der Waals surface area contributed by atoms with E-state index in [4.69, 9.17) is 26.0 Å². The number of carboxylic acid groups (broad SMARTS) is 1. The number of methoxy groups -OCH3 is 2. The minimum atomic E-state index is -1.06. The second kappa shape index (κ2) is 6.40. The van der Waals surface area contributed by atoms with Crippen LogP contribution in [-0.2, 0) is 4.79 Å². The Kier molecular flexibility index (Phi) is 5.14. The minimum absolute atomic E-state index is 0.158. The number of carbonyl (C=O) groups is 1. The molecule has 0 spiro atoms. The van der Waals surface area contributed by atoms with E-state index in [0.29, 0.717) is 11.5 Å². The second-order valence-corrected chi connectivity index (χ2v) is 4.35. The molecule has 0 amide bonds. The molecular weight excluding hydrogens is 248 g/mol. The first kappa shape index (κ1) is 15.3. The molecule has 0 bridgehead atoms. The molecule has 2 unspecified atom stereocenters. The lowest BCUT2D eigenvalue weighted by Crippen LogP contribution is -2.34. The predicted molar refractivity (Wildman–Crippen MR) is 71.4 cm³/mol. The van der Waals surface area contributed by atoms with E-state index in [0.717, 1.165) is 11.1 Å². The van der Waals surface area contributed by atoms with Crippen molar-refractivity contribution in [2.24, 2.45) is 11.5 Å². The van der Waals surface area contributed by atoms with Crippen molar-refractivity contribution in [1.29, 1.82) is 0 Å². The monoisotopic (exact) mass is 268 g/mol. The van der Waals surface area contributed by atoms with Crippen LogP contribution in [0.4, 0.5) is 0 Å². The van der Waals surface area contributed by atoms with Crippen LogP contribution in [0.2, 0.25) is 0 Å². The van der Waals surface area contributed by atoms with Gasteiger partial charge in [0.05, 0.1) is 14.2 Å². The van der Waals surface area contributed by atoms with Gasteiger partial charge in [0.15, 0.2) is 11.5 Å². The fourth-order valence-electron chi connectivity index (χ4n) is 1.90. The molecule has 2 atom stereocenters. The number of aryl methyl sites for hydroxylation is 1. The third-order valence-corrected chi connectivity index (χ3v) is 3.00. The van der Waals surface area contributed by atoms with Crippen LogP contribution < -0.4 is 20.9 Å². The van der Waals surface area contributed by atoms with Crippen molar-refractivity contribution in [2.45, 2.75) is 25.4 Å². The highest BCUT2D eigenvalue weighted by Gasteiger charge is 2.20. The lowest BCUT2D eigenvalue weighted by Gasteiger charge is -2.19. The average Bonchev–Trinajstić information content (AvgIpc) is 2.37. The summed E-state index contributed by atoms with van der Waals surface area (Å²) >= 11 is 0. The number of hydrogen-bond acceptors (Lipinski definition) is 5. The number of ether oxygens (including phenoxy) is 2. The van der Waals surface area contributed by atoms with Crippen LogP contribution in [0.25, 0.3) is 0 Å². The first-order valence-electron chi connectivity index (χ1n) is 5.87. The number of benzene rings is 1. The Labute approximate surface area is 112 Å². The third-order valence-electron chi connectivity index (χ3n) is 3.00. The van der Waals surface area contributed by atoms with Gasteiger partial charge in [-0.2, -0.15) is 0 Å². The van der Waals surface area contributed by atoms with Gasteiger partial charge in [-0.25, -0.2) is 0 Å². The van der Waals surface area contributed by atoms with E-state index in [-0.39, 0.29) is 6.42 Å². The molecule has 0 aliphatic carbocycles. The highest BCUT2D eigenvalue weighted by atomic mass is 16.5. The fraction of sp³-hybridized carbons (Fsp3) is 0.462. The Morgan fingerprint density at radius 1 is 1.26 bits per heavy atom. The van der Waals surface area contributed by atoms with Gasteiger partial charge in [0.25, 0.3) is 0 Å². The van der Waals surface area contributed by atoms with Crippen molar-refractivity contribution in [2.75, 3.05) is 14.2 Å². The molecule has 0 saturated carbocycles. The molecule has 19 heavy (non-hydrogen) atoms. The van der Waals surface area contributed by atoms with E-state index < -0.39 is 18.1 Å². The normalized spacial score (nSPS) is 13.7. The summed E-state index contributed by atoms with van der Waals surface area (Å²) in [6.07, 6.45) is 0.158. The van der Waals surface area contributed by atoms with Crippen molar-refractivity contribution >= 4 is 5.97 Å². The van der Waals surface area contributed by atoms with Crippen LogP contribution in [0.15, 0.2) is 12.1 Å². The van der Waals surface area contributed by atoms with E-state index in [2.05, 4.69) is 0 Å². The molecule has 0 radical (unpaired) electrons. The molecule has 0 aliphatic rings. The van der Waals surface area contributed by atoms with E-state index in [1.807, 2.05) is 6.92 Å². The van der Waals surface area contributed by atoms with Gasteiger partial charge in [0.1, 0.15) is 6.04 Å². The van der Waals surface area contributed by atoms with Crippen molar-refractivity contribution in [3.63, 3.8) is 0 Å². The van der Waals surface area contributed by atoms with Gasteiger partial charge in [0.2, 0.25) is 0 Å². The Hall–Kier alpha value is -1.79. The summed E-state index contributed by atoms with van der Waals surface area (Å²) in [5, 5.41) is 8.80. The molecule has 6 heteroatoms. The number of nitrogens with two attached hydrogens (primary N) is 2. The number of aliphatic carboxylic acids is 1. The van der Waals surface area contributed by atoms with Crippen LogP contribution in [0, 0.1) is 6.92 Å². The summed E-state index contributed by atoms with van der Waals surface area (Å²) in [4.78, 5) is 10.7. The van der Waals surface area contributed by atoms with Gasteiger partial charge in [-0.1, -0.05) is 0 Å². The standard InChI is InChI=1S/C13H20N2O4/c1-7-4-11(18-2)12(19-3)5-8(7)9(14)6-10(15)13(16)17/h4-5,9-10H,6,14-15H2,1-3H3,(H,16,17). The molecule has 5 N–H and O–H groups in total. The van der Waals surface area contributed by atoms with Gasteiger partial charge >= 0.3 is 5.97 Å². The topological polar surface area (TPSA) is 108 Å². The third kappa shape index (κ3) is 3.59. The van der Waals surface area contributed by atoms with Crippen LogP contribution in [-0.4, -0.2) is 31.3 Å². The fourth-order valence-corrected chi connectivity index (χ4v) is 1.90. The first-order chi connectivity index (χ1) is 8.90. The minimum Gasteiger partial charge on any atom is -0.493 e. The molecule has 6 nitrogen and oxygen atoms in total. The Balaban J connectivity index is 3.02. The Bertz CT molecular complexity index is 462. The average molecular weight is 268 g/mol. The molecule has 0 heterocycles. The molecule has 1 aromatic rings. The zero-order valence-electron chi connectivity index (χ0n) is 11.3. The zero-order valence-corrected chi connectivity index (χ0v) is 11.3. The highest BCUT2D eigenvalue weighted by Crippen LogP contribution is 2.33. The van der Waals surface area contributed by atoms with Gasteiger partial charge in [-0.05, 0) is 36.6 Å². The summed E-state index contributed by atoms with van der Waals surface area (Å²) in [6, 6.07) is 2.11. The van der Waals surface area contributed by atoms with Crippen molar-refractivity contribution in [3.05, 3.63) is 23.3 Å². The SMILES string of the molecule is COc1cc(C)c(C(N)CC(N)C(=O)O)cc1OC. The maximum absolute atomic E-state index is 10.7. The number of rotatable bonds is 6. The quantitative estimate of drug-likeness (QED) is 0.704. The van der Waals surface area contributed by atoms with Gasteiger partial charge < -0.3 is 26.0 Å². The summed E-state index contributed by atoms with van der Waals surface area (Å²) in [6.45, 7) is 1.88. The summed E-state index contributed by atoms with van der Waals surface area (Å²) in [5.74, 6) is 0.106. The van der Waals surface area contributed by atoms with Crippen LogP contribution in [0.3, 0.4) is 0 Å². The molecule has 1 rings (SSSR count). The van der Waals surface area contributed by atoms with E-state index in [1.165, 1.54) is 7.11 Å². The van der Waals surface area contributed by atoms with Crippen molar-refractivity contribution < 1.29 is 19.4 Å². The predicted octanol–water partition coefficient (Wildman–Crippen LogP) is 0.814. The molecule has 0 fully saturated rings. The van der Waals surface area contributed by atoms with Crippen molar-refractivity contribution in [1.82, 2.24) is 0 Å². The van der Waals surface area contributed by atoms with Gasteiger partial charge in [-0.3, -0.25) is 4.79 Å². The summed E-state index contributed by atoms with van der Waals surface area (Å²) in [5.41, 5.74) is 13.2. The zero-order chi connectivity index (χ0) is 14.6. The molecule has 1 aromatic carbocycles. The van der Waals surface area contributed by atoms with E-state index >= 15 is 0 Å². The van der Waals surface area contributed by atoms with Gasteiger partial charge in [0, 0.05) is 6.04 Å².